The number of hydrogen-bond donors (Lipinski definition) is 1. The van der Waals surface area contributed by atoms with E-state index < -0.39 is 10.0 Å². The average Bonchev–Trinajstić information content (AvgIpc) is 2.58. The molecular formula is C21H28N2O3S. The normalized spacial score (nSPS) is 13.1. The van der Waals surface area contributed by atoms with E-state index in [2.05, 4.69) is 5.32 Å². The molecule has 2 aromatic rings. The van der Waals surface area contributed by atoms with Gasteiger partial charge < -0.3 is 5.32 Å². The van der Waals surface area contributed by atoms with Crippen molar-refractivity contribution in [2.24, 2.45) is 0 Å². The number of hydrogen-bond acceptors (Lipinski definition) is 3. The maximum atomic E-state index is 12.6. The van der Waals surface area contributed by atoms with Gasteiger partial charge in [0.25, 0.3) is 0 Å². The van der Waals surface area contributed by atoms with Gasteiger partial charge in [-0.1, -0.05) is 69.3 Å². The largest absolute Gasteiger partial charge is 0.348 e. The van der Waals surface area contributed by atoms with Crippen molar-refractivity contribution < 1.29 is 13.2 Å². The molecule has 6 heteroatoms. The molecule has 0 saturated heterocycles. The van der Waals surface area contributed by atoms with Crippen LogP contribution in [0, 0.1) is 0 Å². The fourth-order valence-electron chi connectivity index (χ4n) is 2.95. The van der Waals surface area contributed by atoms with Crippen LogP contribution in [0.15, 0.2) is 54.6 Å². The van der Waals surface area contributed by atoms with Crippen molar-refractivity contribution >= 4 is 21.6 Å². The molecule has 2 rings (SSSR count). The summed E-state index contributed by atoms with van der Waals surface area (Å²) in [5.41, 5.74) is 2.12. The summed E-state index contributed by atoms with van der Waals surface area (Å²) >= 11 is 0. The van der Waals surface area contributed by atoms with E-state index in [0.717, 1.165) is 17.4 Å². The molecule has 146 valence electrons. The van der Waals surface area contributed by atoms with Crippen molar-refractivity contribution in [3.8, 4) is 0 Å². The van der Waals surface area contributed by atoms with Gasteiger partial charge in [-0.05, 0) is 29.5 Å². The van der Waals surface area contributed by atoms with E-state index >= 15 is 0 Å². The van der Waals surface area contributed by atoms with Gasteiger partial charge in [-0.25, -0.2) is 8.42 Å². The number of nitrogens with one attached hydrogen (secondary N) is 1. The van der Waals surface area contributed by atoms with E-state index in [1.165, 1.54) is 4.31 Å². The highest BCUT2D eigenvalue weighted by atomic mass is 32.2. The van der Waals surface area contributed by atoms with Crippen LogP contribution in [-0.2, 0) is 20.2 Å². The van der Waals surface area contributed by atoms with Gasteiger partial charge in [-0.15, -0.1) is 0 Å². The fraction of sp³-hybridized carbons (Fsp3) is 0.381. The molecule has 1 amide bonds. The molecular weight excluding hydrogens is 360 g/mol. The maximum absolute atomic E-state index is 12.6. The molecule has 0 radical (unpaired) electrons. The van der Waals surface area contributed by atoms with Crippen LogP contribution in [0.5, 0.6) is 0 Å². The van der Waals surface area contributed by atoms with Crippen LogP contribution in [0.3, 0.4) is 0 Å². The van der Waals surface area contributed by atoms with Gasteiger partial charge in [0.2, 0.25) is 15.9 Å². The summed E-state index contributed by atoms with van der Waals surface area (Å²) in [4.78, 5) is 12.6. The zero-order valence-electron chi connectivity index (χ0n) is 16.6. The number of sulfonamides is 1. The van der Waals surface area contributed by atoms with E-state index in [4.69, 9.17) is 0 Å². The van der Waals surface area contributed by atoms with Crippen LogP contribution < -0.4 is 9.62 Å². The monoisotopic (exact) mass is 388 g/mol. The molecule has 0 fully saturated rings. The molecule has 1 atom stereocenters. The third kappa shape index (κ3) is 5.57. The van der Waals surface area contributed by atoms with Crippen molar-refractivity contribution in [3.63, 3.8) is 0 Å². The predicted molar refractivity (Wildman–Crippen MR) is 110 cm³/mol. The molecule has 0 aliphatic heterocycles. The molecule has 1 N–H and O–H groups in total. The molecule has 0 aromatic heterocycles. The minimum Gasteiger partial charge on any atom is -0.348 e. The number of anilines is 1. The second kappa shape index (κ2) is 8.13. The zero-order valence-corrected chi connectivity index (χ0v) is 17.4. The Hall–Kier alpha value is -2.34. The number of carbonyl (C=O) groups excluding carboxylic acids is 1. The lowest BCUT2D eigenvalue weighted by molar-refractivity contribution is -0.120. The minimum atomic E-state index is -3.62. The van der Waals surface area contributed by atoms with Crippen molar-refractivity contribution in [2.75, 3.05) is 17.1 Å². The second-order valence-electron chi connectivity index (χ2n) is 7.74. The Balaban J connectivity index is 2.28. The Kier molecular flexibility index (Phi) is 6.31. The van der Waals surface area contributed by atoms with Crippen LogP contribution >= 0.6 is 0 Å². The number of carbonyl (C=O) groups is 1. The van der Waals surface area contributed by atoms with Crippen LogP contribution in [-0.4, -0.2) is 27.1 Å². The van der Waals surface area contributed by atoms with Crippen molar-refractivity contribution in [1.82, 2.24) is 5.32 Å². The molecule has 0 spiro atoms. The number of benzene rings is 2. The predicted octanol–water partition coefficient (Wildman–Crippen LogP) is 3.63. The van der Waals surface area contributed by atoms with Gasteiger partial charge >= 0.3 is 0 Å². The van der Waals surface area contributed by atoms with E-state index in [9.17, 15) is 13.2 Å². The van der Waals surface area contributed by atoms with Gasteiger partial charge in [-0.3, -0.25) is 9.10 Å². The molecule has 0 bridgehead atoms. The van der Waals surface area contributed by atoms with Crippen LogP contribution in [0.4, 0.5) is 5.69 Å². The average molecular weight is 389 g/mol. The minimum absolute atomic E-state index is 0.210. The molecule has 27 heavy (non-hydrogen) atoms. The highest BCUT2D eigenvalue weighted by Gasteiger charge is 2.27. The molecule has 2 aromatic carbocycles. The van der Waals surface area contributed by atoms with Crippen LogP contribution in [0.1, 0.15) is 44.9 Å². The Morgan fingerprint density at radius 2 is 1.59 bits per heavy atom. The number of nitrogens with zero attached hydrogens (tertiary/aromatic N) is 1. The molecule has 1 unspecified atom stereocenters. The highest BCUT2D eigenvalue weighted by molar-refractivity contribution is 7.92. The third-order valence-corrected chi connectivity index (χ3v) is 5.47. The summed E-state index contributed by atoms with van der Waals surface area (Å²) < 4.78 is 26.1. The first-order chi connectivity index (χ1) is 12.5. The van der Waals surface area contributed by atoms with E-state index in [-0.39, 0.29) is 23.9 Å². The summed E-state index contributed by atoms with van der Waals surface area (Å²) in [6, 6.07) is 16.7. The van der Waals surface area contributed by atoms with E-state index in [1.54, 1.807) is 12.1 Å². The molecule has 0 aliphatic rings. The Morgan fingerprint density at radius 1 is 1.04 bits per heavy atom. The van der Waals surface area contributed by atoms with E-state index in [0.29, 0.717) is 5.69 Å². The quantitative estimate of drug-likeness (QED) is 0.822. The molecule has 0 aliphatic carbocycles. The lowest BCUT2D eigenvalue weighted by Gasteiger charge is -2.30. The highest BCUT2D eigenvalue weighted by Crippen LogP contribution is 2.32. The Bertz CT molecular complexity index is 887. The summed E-state index contributed by atoms with van der Waals surface area (Å²) in [5.74, 6) is -0.347. The standard InChI is InChI=1S/C21H28N2O3S/c1-16(17-11-7-6-8-12-17)22-20(24)15-23(27(5,25)26)19-14-10-9-13-18(19)21(2,3)4/h6-14,16H,15H2,1-5H3,(H,22,24). The first kappa shape index (κ1) is 21.0. The SMILES string of the molecule is CC(NC(=O)CN(c1ccccc1C(C)(C)C)S(C)(=O)=O)c1ccccc1. The smallest absolute Gasteiger partial charge is 0.241 e. The van der Waals surface area contributed by atoms with Crippen molar-refractivity contribution in [1.29, 1.82) is 0 Å². The first-order valence-electron chi connectivity index (χ1n) is 8.91. The number of rotatable bonds is 6. The van der Waals surface area contributed by atoms with Crippen molar-refractivity contribution in [2.45, 2.75) is 39.2 Å². The van der Waals surface area contributed by atoms with Gasteiger partial charge in [0.1, 0.15) is 6.54 Å². The lowest BCUT2D eigenvalue weighted by atomic mass is 9.86. The molecule has 0 heterocycles. The van der Waals surface area contributed by atoms with Gasteiger partial charge in [0.15, 0.2) is 0 Å². The summed E-state index contributed by atoms with van der Waals surface area (Å²) in [7, 11) is -3.62. The topological polar surface area (TPSA) is 66.5 Å². The van der Waals surface area contributed by atoms with Crippen LogP contribution in [0.2, 0.25) is 0 Å². The zero-order chi connectivity index (χ0) is 20.2. The molecule has 5 nitrogen and oxygen atoms in total. The third-order valence-electron chi connectivity index (χ3n) is 4.35. The Morgan fingerprint density at radius 3 is 2.15 bits per heavy atom. The maximum Gasteiger partial charge on any atom is 0.241 e. The van der Waals surface area contributed by atoms with Crippen molar-refractivity contribution in [3.05, 3.63) is 65.7 Å². The lowest BCUT2D eigenvalue weighted by Crippen LogP contribution is -2.42. The summed E-state index contributed by atoms with van der Waals surface area (Å²) in [6.45, 7) is 7.67. The summed E-state index contributed by atoms with van der Waals surface area (Å²) in [6.07, 6.45) is 1.13. The first-order valence-corrected chi connectivity index (χ1v) is 10.8. The van der Waals surface area contributed by atoms with Gasteiger partial charge in [-0.2, -0.15) is 0 Å². The number of amides is 1. The number of para-hydroxylation sites is 1. The van der Waals surface area contributed by atoms with E-state index in [1.807, 2.05) is 70.2 Å². The Labute approximate surface area is 162 Å². The van der Waals surface area contributed by atoms with Gasteiger partial charge in [0, 0.05) is 0 Å². The van der Waals surface area contributed by atoms with Crippen LogP contribution in [0.25, 0.3) is 0 Å². The fourth-order valence-corrected chi connectivity index (χ4v) is 3.82. The van der Waals surface area contributed by atoms with Gasteiger partial charge in [0.05, 0.1) is 18.0 Å². The summed E-state index contributed by atoms with van der Waals surface area (Å²) in [5, 5.41) is 2.88. The second-order valence-corrected chi connectivity index (χ2v) is 9.64. The molecule has 0 saturated carbocycles.